The Morgan fingerprint density at radius 1 is 1.35 bits per heavy atom. The summed E-state index contributed by atoms with van der Waals surface area (Å²) in [5.74, 6) is 0.105. The second-order valence-electron chi connectivity index (χ2n) is 4.59. The fraction of sp³-hybridized carbons (Fsp3) is 0.500. The molecule has 1 aromatic rings. The van der Waals surface area contributed by atoms with E-state index in [4.69, 9.17) is 0 Å². The number of rotatable bonds is 4. The van der Waals surface area contributed by atoms with Gasteiger partial charge in [0.15, 0.2) is 0 Å². The van der Waals surface area contributed by atoms with Crippen LogP contribution in [0.4, 0.5) is 0 Å². The van der Waals surface area contributed by atoms with E-state index >= 15 is 0 Å². The first-order valence-electron chi connectivity index (χ1n) is 6.30. The van der Waals surface area contributed by atoms with Crippen molar-refractivity contribution in [2.24, 2.45) is 0 Å². The van der Waals surface area contributed by atoms with Crippen molar-refractivity contribution in [3.8, 4) is 0 Å². The molecule has 2 rings (SSSR count). The number of nitrogens with one attached hydrogen (secondary N) is 2. The minimum absolute atomic E-state index is 0.105. The second kappa shape index (κ2) is 5.82. The minimum atomic E-state index is 0.105. The molecular weight excluding hydrogens is 212 g/mol. The maximum absolute atomic E-state index is 11.1. The van der Waals surface area contributed by atoms with Crippen LogP contribution in [0.25, 0.3) is 0 Å². The Morgan fingerprint density at radius 3 is 2.88 bits per heavy atom. The molecule has 0 heterocycles. The highest BCUT2D eigenvalue weighted by Crippen LogP contribution is 2.20. The van der Waals surface area contributed by atoms with Gasteiger partial charge in [-0.25, -0.2) is 0 Å². The van der Waals surface area contributed by atoms with E-state index in [1.165, 1.54) is 17.5 Å². The normalized spacial score (nSPS) is 18.5. The molecule has 1 amide bonds. The standard InChI is InChI=1S/C14H20N2O/c1-15-14(17)8-9-16-13-7-6-11-4-2-3-5-12(11)10-13/h2-5,13,16H,6-10H2,1H3,(H,15,17). The van der Waals surface area contributed by atoms with Crippen LogP contribution >= 0.6 is 0 Å². The first-order valence-corrected chi connectivity index (χ1v) is 6.30. The number of carbonyl (C=O) groups is 1. The molecule has 0 aromatic heterocycles. The Morgan fingerprint density at radius 2 is 2.12 bits per heavy atom. The van der Waals surface area contributed by atoms with Crippen LogP contribution in [0.3, 0.4) is 0 Å². The third-order valence-electron chi connectivity index (χ3n) is 3.41. The number of hydrogen-bond acceptors (Lipinski definition) is 2. The third-order valence-corrected chi connectivity index (χ3v) is 3.41. The van der Waals surface area contributed by atoms with Crippen molar-refractivity contribution in [1.82, 2.24) is 10.6 Å². The average Bonchev–Trinajstić information content (AvgIpc) is 2.38. The summed E-state index contributed by atoms with van der Waals surface area (Å²) < 4.78 is 0. The lowest BCUT2D eigenvalue weighted by Crippen LogP contribution is -2.36. The molecule has 1 aliphatic carbocycles. The molecule has 0 radical (unpaired) electrons. The van der Waals surface area contributed by atoms with Crippen LogP contribution in [0.15, 0.2) is 24.3 Å². The Labute approximate surface area is 103 Å². The van der Waals surface area contributed by atoms with Crippen LogP contribution in [0, 0.1) is 0 Å². The van der Waals surface area contributed by atoms with Gasteiger partial charge < -0.3 is 10.6 Å². The van der Waals surface area contributed by atoms with Crippen LogP contribution in [0.2, 0.25) is 0 Å². The highest BCUT2D eigenvalue weighted by atomic mass is 16.1. The smallest absolute Gasteiger partial charge is 0.221 e. The Bertz CT molecular complexity index is 390. The van der Waals surface area contributed by atoms with Gasteiger partial charge >= 0.3 is 0 Å². The molecule has 0 saturated carbocycles. The maximum atomic E-state index is 11.1. The van der Waals surface area contributed by atoms with Gasteiger partial charge in [0.25, 0.3) is 0 Å². The van der Waals surface area contributed by atoms with Crippen LogP contribution in [0.5, 0.6) is 0 Å². The number of benzene rings is 1. The number of fused-ring (bicyclic) bond motifs is 1. The summed E-state index contributed by atoms with van der Waals surface area (Å²) in [5.41, 5.74) is 2.94. The predicted octanol–water partition coefficient (Wildman–Crippen LogP) is 1.27. The van der Waals surface area contributed by atoms with Crippen molar-refractivity contribution in [3.05, 3.63) is 35.4 Å². The van der Waals surface area contributed by atoms with Crippen molar-refractivity contribution >= 4 is 5.91 Å². The van der Waals surface area contributed by atoms with Gasteiger partial charge in [0, 0.05) is 26.1 Å². The van der Waals surface area contributed by atoms with Crippen molar-refractivity contribution in [2.75, 3.05) is 13.6 Å². The molecule has 1 aliphatic rings. The molecule has 17 heavy (non-hydrogen) atoms. The van der Waals surface area contributed by atoms with E-state index < -0.39 is 0 Å². The number of amides is 1. The number of carbonyl (C=O) groups excluding carboxylic acids is 1. The maximum Gasteiger partial charge on any atom is 0.221 e. The van der Waals surface area contributed by atoms with E-state index in [0.717, 1.165) is 19.4 Å². The lowest BCUT2D eigenvalue weighted by molar-refractivity contribution is -0.120. The molecule has 3 nitrogen and oxygen atoms in total. The number of aryl methyl sites for hydroxylation is 1. The van der Waals surface area contributed by atoms with Gasteiger partial charge in [-0.2, -0.15) is 0 Å². The van der Waals surface area contributed by atoms with Gasteiger partial charge in [-0.1, -0.05) is 24.3 Å². The minimum Gasteiger partial charge on any atom is -0.359 e. The predicted molar refractivity (Wildman–Crippen MR) is 68.9 cm³/mol. The van der Waals surface area contributed by atoms with Gasteiger partial charge in [-0.15, -0.1) is 0 Å². The molecule has 1 aromatic carbocycles. The summed E-state index contributed by atoms with van der Waals surface area (Å²) >= 11 is 0. The fourth-order valence-corrected chi connectivity index (χ4v) is 2.39. The number of hydrogen-bond donors (Lipinski definition) is 2. The van der Waals surface area contributed by atoms with Crippen LogP contribution in [-0.2, 0) is 17.6 Å². The Balaban J connectivity index is 1.80. The Hall–Kier alpha value is -1.35. The van der Waals surface area contributed by atoms with Gasteiger partial charge in [-0.05, 0) is 30.4 Å². The fourth-order valence-electron chi connectivity index (χ4n) is 2.39. The molecule has 0 fully saturated rings. The van der Waals surface area contributed by atoms with E-state index in [9.17, 15) is 4.79 Å². The summed E-state index contributed by atoms with van der Waals surface area (Å²) in [5, 5.41) is 6.11. The molecule has 0 aliphatic heterocycles. The highest BCUT2D eigenvalue weighted by Gasteiger charge is 2.17. The van der Waals surface area contributed by atoms with Gasteiger partial charge in [0.1, 0.15) is 0 Å². The lowest BCUT2D eigenvalue weighted by atomic mass is 9.88. The van der Waals surface area contributed by atoms with Crippen LogP contribution in [-0.4, -0.2) is 25.5 Å². The largest absolute Gasteiger partial charge is 0.359 e. The zero-order valence-electron chi connectivity index (χ0n) is 10.3. The lowest BCUT2D eigenvalue weighted by Gasteiger charge is -2.25. The molecule has 92 valence electrons. The van der Waals surface area contributed by atoms with Gasteiger partial charge in [-0.3, -0.25) is 4.79 Å². The molecule has 0 saturated heterocycles. The first kappa shape index (κ1) is 12.1. The van der Waals surface area contributed by atoms with Crippen molar-refractivity contribution in [1.29, 1.82) is 0 Å². The molecule has 0 spiro atoms. The van der Waals surface area contributed by atoms with E-state index in [2.05, 4.69) is 34.9 Å². The van der Waals surface area contributed by atoms with Crippen LogP contribution in [0.1, 0.15) is 24.0 Å². The van der Waals surface area contributed by atoms with Crippen LogP contribution < -0.4 is 10.6 Å². The zero-order chi connectivity index (χ0) is 12.1. The van der Waals surface area contributed by atoms with E-state index in [0.29, 0.717) is 12.5 Å². The molecular formula is C14H20N2O. The first-order chi connectivity index (χ1) is 8.29. The summed E-state index contributed by atoms with van der Waals surface area (Å²) in [6.45, 7) is 0.770. The quantitative estimate of drug-likeness (QED) is 0.821. The van der Waals surface area contributed by atoms with E-state index in [-0.39, 0.29) is 5.91 Å². The van der Waals surface area contributed by atoms with E-state index in [1.807, 2.05) is 0 Å². The average molecular weight is 232 g/mol. The molecule has 0 bridgehead atoms. The third kappa shape index (κ3) is 3.30. The summed E-state index contributed by atoms with van der Waals surface area (Å²) in [7, 11) is 1.68. The second-order valence-corrected chi connectivity index (χ2v) is 4.59. The van der Waals surface area contributed by atoms with Crippen molar-refractivity contribution in [3.63, 3.8) is 0 Å². The topological polar surface area (TPSA) is 41.1 Å². The van der Waals surface area contributed by atoms with E-state index in [1.54, 1.807) is 7.05 Å². The summed E-state index contributed by atoms with van der Waals surface area (Å²) in [4.78, 5) is 11.1. The zero-order valence-corrected chi connectivity index (χ0v) is 10.3. The summed E-state index contributed by atoms with van der Waals surface area (Å²) in [6, 6.07) is 9.16. The molecule has 2 N–H and O–H groups in total. The SMILES string of the molecule is CNC(=O)CCNC1CCc2ccccc2C1. The monoisotopic (exact) mass is 232 g/mol. The highest BCUT2D eigenvalue weighted by molar-refractivity contribution is 5.75. The van der Waals surface area contributed by atoms with Crippen molar-refractivity contribution < 1.29 is 4.79 Å². The molecule has 3 heteroatoms. The molecule has 1 atom stereocenters. The van der Waals surface area contributed by atoms with Gasteiger partial charge in [0.2, 0.25) is 5.91 Å². The van der Waals surface area contributed by atoms with Crippen molar-refractivity contribution in [2.45, 2.75) is 31.7 Å². The molecule has 1 unspecified atom stereocenters. The summed E-state index contributed by atoms with van der Waals surface area (Å²) in [6.07, 6.45) is 3.97. The Kier molecular flexibility index (Phi) is 4.15. The van der Waals surface area contributed by atoms with Gasteiger partial charge in [0.05, 0.1) is 0 Å².